The topological polar surface area (TPSA) is 81.0 Å². The number of hydrogen-bond donors (Lipinski definition) is 1. The van der Waals surface area contributed by atoms with Gasteiger partial charge in [0.15, 0.2) is 0 Å². The molecule has 0 unspecified atom stereocenters. The number of carboxylic acids is 1. The molecule has 0 saturated carbocycles. The van der Waals surface area contributed by atoms with Crippen molar-refractivity contribution in [3.63, 3.8) is 0 Å². The zero-order valence-electron chi connectivity index (χ0n) is 19.9. The third kappa shape index (κ3) is 6.09. The number of oxime groups is 1. The zero-order valence-corrected chi connectivity index (χ0v) is 20.7. The van der Waals surface area contributed by atoms with Crippen LogP contribution >= 0.6 is 11.6 Å². The summed E-state index contributed by atoms with van der Waals surface area (Å²) in [5, 5.41) is 15.5. The van der Waals surface area contributed by atoms with Crippen LogP contribution in [0.15, 0.2) is 78.0 Å². The van der Waals surface area contributed by atoms with E-state index in [-0.39, 0.29) is 5.56 Å². The number of fused-ring (bicyclic) bond motifs is 1. The second-order valence-electron chi connectivity index (χ2n) is 8.08. The lowest BCUT2D eigenvalue weighted by Crippen LogP contribution is -2.08. The lowest BCUT2D eigenvalue weighted by atomic mass is 9.97. The van der Waals surface area contributed by atoms with Crippen LogP contribution in [0, 0.1) is 0 Å². The number of aromatic nitrogens is 1. The first kappa shape index (κ1) is 24.9. The van der Waals surface area contributed by atoms with Crippen LogP contribution in [-0.4, -0.2) is 36.0 Å². The molecule has 0 saturated heterocycles. The van der Waals surface area contributed by atoms with E-state index in [1.165, 1.54) is 20.3 Å². The monoisotopic (exact) mass is 500 g/mol. The molecule has 1 aromatic heterocycles. The number of ether oxygens (including phenoxy) is 1. The number of rotatable bonds is 9. The minimum Gasteiger partial charge on any atom is -0.497 e. The van der Waals surface area contributed by atoms with E-state index in [4.69, 9.17) is 21.2 Å². The molecular weight excluding hydrogens is 476 g/mol. The Morgan fingerprint density at radius 3 is 2.64 bits per heavy atom. The number of pyridine rings is 1. The molecule has 0 atom stereocenters. The molecule has 7 heteroatoms. The minimum atomic E-state index is -0.995. The van der Waals surface area contributed by atoms with Gasteiger partial charge in [0.25, 0.3) is 0 Å². The normalized spacial score (nSPS) is 11.7. The van der Waals surface area contributed by atoms with Crippen LogP contribution in [0.4, 0.5) is 0 Å². The van der Waals surface area contributed by atoms with Crippen molar-refractivity contribution in [3.8, 4) is 5.75 Å². The van der Waals surface area contributed by atoms with Gasteiger partial charge in [-0.05, 0) is 72.0 Å². The minimum absolute atomic E-state index is 0.215. The van der Waals surface area contributed by atoms with Crippen molar-refractivity contribution in [2.75, 3.05) is 14.2 Å². The fourth-order valence-electron chi connectivity index (χ4n) is 3.91. The van der Waals surface area contributed by atoms with E-state index in [1.807, 2.05) is 66.7 Å². The van der Waals surface area contributed by atoms with Crippen LogP contribution in [0.2, 0.25) is 5.02 Å². The quantitative estimate of drug-likeness (QED) is 0.203. The molecule has 1 heterocycles. The first-order valence-electron chi connectivity index (χ1n) is 11.3. The van der Waals surface area contributed by atoms with Crippen molar-refractivity contribution in [2.24, 2.45) is 5.16 Å². The van der Waals surface area contributed by atoms with Crippen LogP contribution in [0.3, 0.4) is 0 Å². The lowest BCUT2D eigenvalue weighted by Gasteiger charge is -2.10. The van der Waals surface area contributed by atoms with Gasteiger partial charge < -0.3 is 14.7 Å². The van der Waals surface area contributed by atoms with Crippen LogP contribution in [-0.2, 0) is 11.3 Å². The average molecular weight is 501 g/mol. The molecule has 0 aliphatic carbocycles. The maximum atomic E-state index is 11.7. The molecule has 0 amide bonds. The Kier molecular flexibility index (Phi) is 7.98. The number of benzene rings is 3. The van der Waals surface area contributed by atoms with Crippen molar-refractivity contribution < 1.29 is 19.5 Å². The van der Waals surface area contributed by atoms with Crippen molar-refractivity contribution in [1.29, 1.82) is 0 Å². The molecule has 0 fully saturated rings. The predicted molar refractivity (Wildman–Crippen MR) is 144 cm³/mol. The van der Waals surface area contributed by atoms with E-state index in [9.17, 15) is 9.90 Å². The fourth-order valence-corrected chi connectivity index (χ4v) is 4.07. The van der Waals surface area contributed by atoms with Crippen molar-refractivity contribution in [3.05, 3.63) is 106 Å². The Hall–Kier alpha value is -4.16. The summed E-state index contributed by atoms with van der Waals surface area (Å²) in [5.41, 5.74) is 5.16. The molecule has 182 valence electrons. The number of nitrogens with zero attached hydrogens (tertiary/aromatic N) is 2. The molecule has 0 aliphatic rings. The smallest absolute Gasteiger partial charge is 0.336 e. The molecule has 0 spiro atoms. The first-order valence-corrected chi connectivity index (χ1v) is 11.7. The highest BCUT2D eigenvalue weighted by Crippen LogP contribution is 2.22. The SMILES string of the molecule is CON=C(CCc1ccc(OC)cc1C(=O)O)c1cccc(/C=C/c2ccc3ccc(Cl)cc3n2)c1. The second kappa shape index (κ2) is 11.5. The third-order valence-corrected chi connectivity index (χ3v) is 5.96. The Balaban J connectivity index is 1.54. The van der Waals surface area contributed by atoms with E-state index in [0.29, 0.717) is 29.2 Å². The van der Waals surface area contributed by atoms with Crippen LogP contribution in [0.5, 0.6) is 5.75 Å². The van der Waals surface area contributed by atoms with Crippen molar-refractivity contribution in [1.82, 2.24) is 4.98 Å². The third-order valence-electron chi connectivity index (χ3n) is 5.72. The Morgan fingerprint density at radius 2 is 1.86 bits per heavy atom. The largest absolute Gasteiger partial charge is 0.497 e. The van der Waals surface area contributed by atoms with Crippen LogP contribution in [0.25, 0.3) is 23.1 Å². The zero-order chi connectivity index (χ0) is 25.5. The maximum Gasteiger partial charge on any atom is 0.336 e. The number of carboxylic acid groups (broad SMARTS) is 1. The summed E-state index contributed by atoms with van der Waals surface area (Å²) in [6.45, 7) is 0. The number of methoxy groups -OCH3 is 1. The molecule has 6 nitrogen and oxygen atoms in total. The van der Waals surface area contributed by atoms with Gasteiger partial charge in [0, 0.05) is 10.4 Å². The number of hydrogen-bond acceptors (Lipinski definition) is 5. The molecule has 4 rings (SSSR count). The molecular formula is C29H25ClN2O4. The Bertz CT molecular complexity index is 1460. The second-order valence-corrected chi connectivity index (χ2v) is 8.52. The summed E-state index contributed by atoms with van der Waals surface area (Å²) in [5.74, 6) is -0.490. The lowest BCUT2D eigenvalue weighted by molar-refractivity contribution is 0.0695. The molecule has 3 aromatic carbocycles. The van der Waals surface area contributed by atoms with Crippen LogP contribution in [0.1, 0.15) is 39.2 Å². The van der Waals surface area contributed by atoms with Gasteiger partial charge in [-0.1, -0.05) is 59.2 Å². The van der Waals surface area contributed by atoms with E-state index in [2.05, 4.69) is 10.1 Å². The van der Waals surface area contributed by atoms with Gasteiger partial charge in [0.05, 0.1) is 29.6 Å². The van der Waals surface area contributed by atoms with Crippen molar-refractivity contribution in [2.45, 2.75) is 12.8 Å². The summed E-state index contributed by atoms with van der Waals surface area (Å²) in [6, 6.07) is 22.6. The standard InChI is InChI=1S/C29H25ClN2O4/c1-35-25-14-9-20(26(18-25)29(33)34)10-15-27(32-36-2)22-5-3-4-19(16-22)6-12-24-13-8-21-7-11-23(30)17-28(21)31-24/h3-9,11-14,16-18H,10,15H2,1-2H3,(H,33,34)/b12-6+,32-27?. The first-order chi connectivity index (χ1) is 17.5. The summed E-state index contributed by atoms with van der Waals surface area (Å²) in [4.78, 5) is 21.5. The highest BCUT2D eigenvalue weighted by atomic mass is 35.5. The molecule has 1 N–H and O–H groups in total. The molecule has 4 aromatic rings. The van der Waals surface area contributed by atoms with Gasteiger partial charge in [0.1, 0.15) is 12.9 Å². The number of carbonyl (C=O) groups is 1. The highest BCUT2D eigenvalue weighted by Gasteiger charge is 2.14. The van der Waals surface area contributed by atoms with E-state index in [0.717, 1.165) is 33.4 Å². The highest BCUT2D eigenvalue weighted by molar-refractivity contribution is 6.31. The van der Waals surface area contributed by atoms with Gasteiger partial charge in [-0.25, -0.2) is 9.78 Å². The molecule has 36 heavy (non-hydrogen) atoms. The van der Waals surface area contributed by atoms with Gasteiger partial charge in [0.2, 0.25) is 0 Å². The number of aryl methyl sites for hydroxylation is 1. The van der Waals surface area contributed by atoms with Gasteiger partial charge in [-0.15, -0.1) is 0 Å². The van der Waals surface area contributed by atoms with Crippen LogP contribution < -0.4 is 4.74 Å². The van der Waals surface area contributed by atoms with E-state index in [1.54, 1.807) is 12.1 Å². The summed E-state index contributed by atoms with van der Waals surface area (Å²) >= 11 is 6.11. The fraction of sp³-hybridized carbons (Fsp3) is 0.138. The van der Waals surface area contributed by atoms with E-state index >= 15 is 0 Å². The molecule has 0 bridgehead atoms. The molecule has 0 aliphatic heterocycles. The predicted octanol–water partition coefficient (Wildman–Crippen LogP) is 6.75. The number of aromatic carboxylic acids is 1. The summed E-state index contributed by atoms with van der Waals surface area (Å²) < 4.78 is 5.16. The molecule has 0 radical (unpaired) electrons. The van der Waals surface area contributed by atoms with Gasteiger partial charge in [-0.3, -0.25) is 0 Å². The average Bonchev–Trinajstić information content (AvgIpc) is 2.89. The Labute approximate surface area is 214 Å². The van der Waals surface area contributed by atoms with Gasteiger partial charge in [-0.2, -0.15) is 0 Å². The van der Waals surface area contributed by atoms with E-state index < -0.39 is 5.97 Å². The maximum absolute atomic E-state index is 11.7. The Morgan fingerprint density at radius 1 is 1.03 bits per heavy atom. The van der Waals surface area contributed by atoms with Crippen molar-refractivity contribution >= 4 is 46.3 Å². The summed E-state index contributed by atoms with van der Waals surface area (Å²) in [6.07, 6.45) is 4.92. The number of halogens is 1. The summed E-state index contributed by atoms with van der Waals surface area (Å²) in [7, 11) is 3.01. The van der Waals surface area contributed by atoms with Gasteiger partial charge >= 0.3 is 5.97 Å².